The first-order valence-electron chi connectivity index (χ1n) is 9.91. The van der Waals surface area contributed by atoms with Crippen LogP contribution in [0.2, 0.25) is 10.0 Å². The van der Waals surface area contributed by atoms with Crippen LogP contribution in [0.15, 0.2) is 24.3 Å². The summed E-state index contributed by atoms with van der Waals surface area (Å²) in [7, 11) is 0. The zero-order valence-electron chi connectivity index (χ0n) is 16.5. The highest BCUT2D eigenvalue weighted by molar-refractivity contribution is 7.18. The molecule has 4 rings (SSSR count). The van der Waals surface area contributed by atoms with Gasteiger partial charge in [-0.3, -0.25) is 4.79 Å². The summed E-state index contributed by atoms with van der Waals surface area (Å²) in [5, 5.41) is 13.4. The summed E-state index contributed by atoms with van der Waals surface area (Å²) in [5.41, 5.74) is 0.793. The Labute approximate surface area is 195 Å². The largest absolute Gasteiger partial charge is 0.481 e. The minimum Gasteiger partial charge on any atom is -0.481 e. The lowest BCUT2D eigenvalue weighted by molar-refractivity contribution is -0.142. The van der Waals surface area contributed by atoms with E-state index in [0.29, 0.717) is 64.1 Å². The molecule has 32 heavy (non-hydrogen) atoms. The Morgan fingerprint density at radius 2 is 1.84 bits per heavy atom. The Bertz CT molecular complexity index is 1160. The van der Waals surface area contributed by atoms with Gasteiger partial charge in [-0.1, -0.05) is 29.3 Å². The molecule has 0 atom stereocenters. The van der Waals surface area contributed by atoms with Crippen LogP contribution in [0.1, 0.15) is 47.9 Å². The third-order valence-electron chi connectivity index (χ3n) is 5.57. The molecule has 1 aliphatic rings. The van der Waals surface area contributed by atoms with E-state index in [1.54, 1.807) is 18.2 Å². The van der Waals surface area contributed by atoms with Crippen molar-refractivity contribution >= 4 is 56.5 Å². The van der Waals surface area contributed by atoms with Gasteiger partial charge < -0.3 is 10.4 Å². The number of carboxylic acids is 1. The fourth-order valence-electron chi connectivity index (χ4n) is 3.83. The lowest BCUT2D eigenvalue weighted by atomic mass is 9.81. The number of hydrogen-bond donors (Lipinski definition) is 2. The van der Waals surface area contributed by atoms with Crippen molar-refractivity contribution in [2.45, 2.75) is 44.3 Å². The summed E-state index contributed by atoms with van der Waals surface area (Å²) in [6, 6.07) is 6.15. The third kappa shape index (κ3) is 4.94. The number of halogens is 5. The number of carbonyl (C=O) groups is 1. The van der Waals surface area contributed by atoms with Crippen LogP contribution in [0.3, 0.4) is 0 Å². The van der Waals surface area contributed by atoms with Crippen molar-refractivity contribution in [2.75, 3.05) is 5.32 Å². The number of carboxylic acid groups (broad SMARTS) is 1. The lowest BCUT2D eigenvalue weighted by Crippen LogP contribution is -2.21. The maximum Gasteiger partial charge on any atom is 0.425 e. The van der Waals surface area contributed by atoms with Crippen LogP contribution in [-0.2, 0) is 17.5 Å². The van der Waals surface area contributed by atoms with Crippen LogP contribution >= 0.6 is 34.5 Å². The van der Waals surface area contributed by atoms with Crippen LogP contribution in [0, 0.1) is 5.92 Å². The molecule has 5 nitrogen and oxygen atoms in total. The Hall–Kier alpha value is -2.10. The van der Waals surface area contributed by atoms with Gasteiger partial charge in [0.1, 0.15) is 21.3 Å². The van der Waals surface area contributed by atoms with Crippen molar-refractivity contribution < 1.29 is 23.1 Å². The van der Waals surface area contributed by atoms with Gasteiger partial charge in [0.25, 0.3) is 0 Å². The molecule has 2 aromatic heterocycles. The molecule has 3 aromatic rings. The molecule has 170 valence electrons. The topological polar surface area (TPSA) is 75.1 Å². The van der Waals surface area contributed by atoms with E-state index in [9.17, 15) is 23.1 Å². The standard InChI is InChI=1S/C21H18Cl2F3N3O2S/c22-14-6-1-10(7-15(14)23)9-27-18-13-8-16(21(24,25)26)32-19(13)29-17(28-18)11-2-4-12(5-3-11)20(30)31/h1,6-8,11-12H,2-5,9H2,(H,30,31)(H,27,28,29). The molecule has 0 amide bonds. The fourth-order valence-corrected chi connectivity index (χ4v) is 5.06. The minimum absolute atomic E-state index is 0.100. The van der Waals surface area contributed by atoms with E-state index in [4.69, 9.17) is 23.2 Å². The van der Waals surface area contributed by atoms with E-state index in [1.807, 2.05) is 0 Å². The third-order valence-corrected chi connectivity index (χ3v) is 7.39. The number of nitrogens with one attached hydrogen (secondary N) is 1. The number of alkyl halides is 3. The van der Waals surface area contributed by atoms with Crippen molar-refractivity contribution in [3.05, 3.63) is 50.6 Å². The van der Waals surface area contributed by atoms with Crippen molar-refractivity contribution in [3.8, 4) is 0 Å². The summed E-state index contributed by atoms with van der Waals surface area (Å²) in [5.74, 6) is -0.577. The number of benzene rings is 1. The van der Waals surface area contributed by atoms with Gasteiger partial charge in [0.2, 0.25) is 0 Å². The molecule has 0 aliphatic heterocycles. The second kappa shape index (κ2) is 9.03. The van der Waals surface area contributed by atoms with Gasteiger partial charge in [-0.25, -0.2) is 9.97 Å². The first-order valence-corrected chi connectivity index (χ1v) is 11.5. The molecule has 2 N–H and O–H groups in total. The molecule has 0 radical (unpaired) electrons. The van der Waals surface area contributed by atoms with E-state index in [2.05, 4.69) is 15.3 Å². The molecule has 0 bridgehead atoms. The molecule has 1 aromatic carbocycles. The van der Waals surface area contributed by atoms with Crippen LogP contribution < -0.4 is 5.32 Å². The van der Waals surface area contributed by atoms with Gasteiger partial charge in [-0.15, -0.1) is 11.3 Å². The van der Waals surface area contributed by atoms with Gasteiger partial charge in [-0.05, 0) is 49.4 Å². The van der Waals surface area contributed by atoms with Gasteiger partial charge in [0, 0.05) is 12.5 Å². The number of aliphatic carboxylic acids is 1. The van der Waals surface area contributed by atoms with E-state index < -0.39 is 22.9 Å². The van der Waals surface area contributed by atoms with E-state index in [-0.39, 0.29) is 17.3 Å². The quantitative estimate of drug-likeness (QED) is 0.392. The number of nitrogens with zero attached hydrogens (tertiary/aromatic N) is 2. The zero-order valence-corrected chi connectivity index (χ0v) is 18.9. The summed E-state index contributed by atoms with van der Waals surface area (Å²) < 4.78 is 40.0. The Kier molecular flexibility index (Phi) is 6.51. The molecule has 2 heterocycles. The summed E-state index contributed by atoms with van der Waals surface area (Å²) >= 11 is 12.6. The summed E-state index contributed by atoms with van der Waals surface area (Å²) in [6.07, 6.45) is -2.35. The van der Waals surface area contributed by atoms with E-state index in [0.717, 1.165) is 11.6 Å². The molecular formula is C21H18Cl2F3N3O2S. The van der Waals surface area contributed by atoms with E-state index >= 15 is 0 Å². The first-order chi connectivity index (χ1) is 15.1. The monoisotopic (exact) mass is 503 g/mol. The number of hydrogen-bond acceptors (Lipinski definition) is 5. The first kappa shape index (κ1) is 23.1. The molecule has 1 aliphatic carbocycles. The Morgan fingerprint density at radius 3 is 2.47 bits per heavy atom. The second-order valence-corrected chi connectivity index (χ2v) is 9.59. The smallest absolute Gasteiger partial charge is 0.425 e. The molecule has 11 heteroatoms. The van der Waals surface area contributed by atoms with E-state index in [1.165, 1.54) is 0 Å². The van der Waals surface area contributed by atoms with Crippen molar-refractivity contribution in [1.82, 2.24) is 9.97 Å². The Balaban J connectivity index is 1.66. The predicted octanol–water partition coefficient (Wildman–Crippen LogP) is 6.99. The number of aromatic nitrogens is 2. The minimum atomic E-state index is -4.48. The summed E-state index contributed by atoms with van der Waals surface area (Å²) in [4.78, 5) is 19.7. The molecular weight excluding hydrogens is 486 g/mol. The van der Waals surface area contributed by atoms with Gasteiger partial charge in [-0.2, -0.15) is 13.2 Å². The maximum absolute atomic E-state index is 13.3. The van der Waals surface area contributed by atoms with Crippen LogP contribution in [0.25, 0.3) is 10.2 Å². The number of anilines is 1. The molecule has 0 unspecified atom stereocenters. The zero-order chi connectivity index (χ0) is 23.0. The Morgan fingerprint density at radius 1 is 1.12 bits per heavy atom. The fraction of sp³-hybridized carbons (Fsp3) is 0.381. The highest BCUT2D eigenvalue weighted by Gasteiger charge is 2.34. The highest BCUT2D eigenvalue weighted by atomic mass is 35.5. The van der Waals surface area contributed by atoms with Crippen molar-refractivity contribution in [3.63, 3.8) is 0 Å². The molecule has 0 spiro atoms. The molecule has 1 saturated carbocycles. The van der Waals surface area contributed by atoms with Gasteiger partial charge in [0.05, 0.1) is 21.3 Å². The predicted molar refractivity (Wildman–Crippen MR) is 119 cm³/mol. The number of fused-ring (bicyclic) bond motifs is 1. The highest BCUT2D eigenvalue weighted by Crippen LogP contribution is 2.41. The normalized spacial score (nSPS) is 19.3. The van der Waals surface area contributed by atoms with Crippen LogP contribution in [-0.4, -0.2) is 21.0 Å². The maximum atomic E-state index is 13.3. The second-order valence-electron chi connectivity index (χ2n) is 7.75. The lowest BCUT2D eigenvalue weighted by Gasteiger charge is -2.25. The van der Waals surface area contributed by atoms with Gasteiger partial charge >= 0.3 is 12.1 Å². The molecule has 0 saturated heterocycles. The average molecular weight is 504 g/mol. The number of rotatable bonds is 5. The molecule has 1 fully saturated rings. The SMILES string of the molecule is O=C(O)C1CCC(c2nc(NCc3ccc(Cl)c(Cl)c3)c3cc(C(F)(F)F)sc3n2)CC1. The average Bonchev–Trinajstić information content (AvgIpc) is 3.19. The van der Waals surface area contributed by atoms with Crippen LogP contribution in [0.5, 0.6) is 0 Å². The van der Waals surface area contributed by atoms with Crippen molar-refractivity contribution in [1.29, 1.82) is 0 Å². The summed E-state index contributed by atoms with van der Waals surface area (Å²) in [6.45, 7) is 0.283. The van der Waals surface area contributed by atoms with Gasteiger partial charge in [0.15, 0.2) is 0 Å². The van der Waals surface area contributed by atoms with Crippen LogP contribution in [0.4, 0.5) is 19.0 Å². The van der Waals surface area contributed by atoms with Crippen molar-refractivity contribution in [2.24, 2.45) is 5.92 Å². The number of thiophene rings is 1.